The zero-order valence-corrected chi connectivity index (χ0v) is 12.8. The first kappa shape index (κ1) is 14.4. The standard InChI is InChI=1S/C16H19N3O4/c20-16(13-2-1-6-22-13)19-8-12(9-19)15-17-14(18-23-15)5-7-21-10-11-3-4-11/h1-2,6,11-12H,3-5,7-10H2. The average Bonchev–Trinajstić information content (AvgIpc) is 3.00. The van der Waals surface area contributed by atoms with Gasteiger partial charge in [-0.3, -0.25) is 4.79 Å². The van der Waals surface area contributed by atoms with E-state index in [-0.39, 0.29) is 11.8 Å². The van der Waals surface area contributed by atoms with Crippen molar-refractivity contribution in [3.05, 3.63) is 35.9 Å². The Labute approximate surface area is 133 Å². The summed E-state index contributed by atoms with van der Waals surface area (Å²) in [4.78, 5) is 18.2. The molecule has 1 amide bonds. The average molecular weight is 317 g/mol. The fourth-order valence-corrected chi connectivity index (χ4v) is 2.59. The van der Waals surface area contributed by atoms with Gasteiger partial charge in [0, 0.05) is 26.1 Å². The maximum atomic E-state index is 12.1. The van der Waals surface area contributed by atoms with Gasteiger partial charge in [-0.15, -0.1) is 0 Å². The second-order valence-corrected chi connectivity index (χ2v) is 6.20. The molecule has 1 aliphatic carbocycles. The van der Waals surface area contributed by atoms with Crippen LogP contribution in [-0.4, -0.2) is 47.3 Å². The Morgan fingerprint density at radius 2 is 2.26 bits per heavy atom. The van der Waals surface area contributed by atoms with Crippen molar-refractivity contribution in [1.82, 2.24) is 15.0 Å². The fraction of sp³-hybridized carbons (Fsp3) is 0.562. The monoisotopic (exact) mass is 317 g/mol. The van der Waals surface area contributed by atoms with Crippen molar-refractivity contribution in [2.45, 2.75) is 25.2 Å². The highest BCUT2D eigenvalue weighted by atomic mass is 16.5. The lowest BCUT2D eigenvalue weighted by Crippen LogP contribution is -2.48. The fourth-order valence-electron chi connectivity index (χ4n) is 2.59. The number of hydrogen-bond acceptors (Lipinski definition) is 6. The summed E-state index contributed by atoms with van der Waals surface area (Å²) >= 11 is 0. The van der Waals surface area contributed by atoms with Crippen LogP contribution in [0.25, 0.3) is 0 Å². The van der Waals surface area contributed by atoms with Crippen LogP contribution < -0.4 is 0 Å². The van der Waals surface area contributed by atoms with E-state index in [4.69, 9.17) is 13.7 Å². The Balaban J connectivity index is 1.23. The molecule has 0 atom stereocenters. The van der Waals surface area contributed by atoms with Crippen LogP contribution in [0.3, 0.4) is 0 Å². The molecule has 122 valence electrons. The minimum atomic E-state index is -0.0977. The molecule has 7 heteroatoms. The van der Waals surface area contributed by atoms with E-state index in [2.05, 4.69) is 10.1 Å². The van der Waals surface area contributed by atoms with Gasteiger partial charge >= 0.3 is 0 Å². The molecular weight excluding hydrogens is 298 g/mol. The zero-order valence-electron chi connectivity index (χ0n) is 12.8. The van der Waals surface area contributed by atoms with Crippen molar-refractivity contribution >= 4 is 5.91 Å². The van der Waals surface area contributed by atoms with Crippen molar-refractivity contribution in [3.8, 4) is 0 Å². The molecule has 0 N–H and O–H groups in total. The van der Waals surface area contributed by atoms with Crippen molar-refractivity contribution in [2.75, 3.05) is 26.3 Å². The van der Waals surface area contributed by atoms with Gasteiger partial charge in [0.1, 0.15) is 0 Å². The van der Waals surface area contributed by atoms with E-state index in [1.807, 2.05) is 0 Å². The Bertz CT molecular complexity index is 657. The summed E-state index contributed by atoms with van der Waals surface area (Å²) in [6, 6.07) is 3.38. The lowest BCUT2D eigenvalue weighted by Gasteiger charge is -2.36. The van der Waals surface area contributed by atoms with Gasteiger partial charge in [-0.1, -0.05) is 5.16 Å². The van der Waals surface area contributed by atoms with E-state index >= 15 is 0 Å². The van der Waals surface area contributed by atoms with Crippen LogP contribution in [0, 0.1) is 5.92 Å². The van der Waals surface area contributed by atoms with E-state index in [0.717, 1.165) is 12.5 Å². The molecule has 2 aromatic heterocycles. The highest BCUT2D eigenvalue weighted by Crippen LogP contribution is 2.29. The minimum Gasteiger partial charge on any atom is -0.459 e. The third-order valence-corrected chi connectivity index (χ3v) is 4.25. The lowest BCUT2D eigenvalue weighted by molar-refractivity contribution is 0.0537. The van der Waals surface area contributed by atoms with Crippen LogP contribution in [0.1, 0.15) is 41.0 Å². The van der Waals surface area contributed by atoms with Gasteiger partial charge in [0.25, 0.3) is 5.91 Å². The molecule has 0 radical (unpaired) electrons. The molecule has 2 aromatic rings. The molecule has 1 saturated carbocycles. The third-order valence-electron chi connectivity index (χ3n) is 4.25. The number of amides is 1. The number of carbonyl (C=O) groups is 1. The predicted octanol–water partition coefficient (Wildman–Crippen LogP) is 1.87. The van der Waals surface area contributed by atoms with Crippen LogP contribution in [0.4, 0.5) is 0 Å². The first-order valence-electron chi connectivity index (χ1n) is 8.02. The van der Waals surface area contributed by atoms with Crippen LogP contribution in [0.2, 0.25) is 0 Å². The number of hydrogen-bond donors (Lipinski definition) is 0. The van der Waals surface area contributed by atoms with Crippen molar-refractivity contribution < 1.29 is 18.5 Å². The largest absolute Gasteiger partial charge is 0.459 e. The van der Waals surface area contributed by atoms with E-state index < -0.39 is 0 Å². The SMILES string of the molecule is O=C(c1ccco1)N1CC(c2nc(CCOCC3CC3)no2)C1. The van der Waals surface area contributed by atoms with E-state index in [1.54, 1.807) is 17.0 Å². The molecule has 4 rings (SSSR count). The molecule has 2 fully saturated rings. The van der Waals surface area contributed by atoms with Gasteiger partial charge in [-0.2, -0.15) is 4.98 Å². The van der Waals surface area contributed by atoms with Crippen LogP contribution in [0.5, 0.6) is 0 Å². The highest BCUT2D eigenvalue weighted by Gasteiger charge is 2.36. The summed E-state index contributed by atoms with van der Waals surface area (Å²) in [5, 5.41) is 3.98. The minimum absolute atomic E-state index is 0.0977. The predicted molar refractivity (Wildman–Crippen MR) is 78.9 cm³/mol. The third kappa shape index (κ3) is 3.29. The van der Waals surface area contributed by atoms with Gasteiger partial charge < -0.3 is 18.6 Å². The Morgan fingerprint density at radius 1 is 1.39 bits per heavy atom. The molecule has 23 heavy (non-hydrogen) atoms. The van der Waals surface area contributed by atoms with Crippen LogP contribution in [-0.2, 0) is 11.2 Å². The number of ether oxygens (including phenoxy) is 1. The molecule has 1 aliphatic heterocycles. The first-order valence-corrected chi connectivity index (χ1v) is 8.02. The van der Waals surface area contributed by atoms with E-state index in [1.165, 1.54) is 19.1 Å². The van der Waals surface area contributed by atoms with Crippen molar-refractivity contribution in [1.29, 1.82) is 0 Å². The molecule has 0 bridgehead atoms. The van der Waals surface area contributed by atoms with Gasteiger partial charge in [0.05, 0.1) is 18.8 Å². The Kier molecular flexibility index (Phi) is 3.87. The maximum absolute atomic E-state index is 12.1. The van der Waals surface area contributed by atoms with Gasteiger partial charge in [-0.25, -0.2) is 0 Å². The topological polar surface area (TPSA) is 81.6 Å². The molecule has 0 unspecified atom stereocenters. The summed E-state index contributed by atoms with van der Waals surface area (Å²) in [5.41, 5.74) is 0. The number of carbonyl (C=O) groups excluding carboxylic acids is 1. The van der Waals surface area contributed by atoms with E-state index in [0.29, 0.717) is 43.6 Å². The Hall–Kier alpha value is -2.15. The summed E-state index contributed by atoms with van der Waals surface area (Å²) < 4.78 is 16.0. The molecule has 2 aliphatic rings. The van der Waals surface area contributed by atoms with Crippen LogP contribution >= 0.6 is 0 Å². The van der Waals surface area contributed by atoms with Crippen molar-refractivity contribution in [2.24, 2.45) is 5.92 Å². The number of likely N-dealkylation sites (tertiary alicyclic amines) is 1. The molecule has 0 aromatic carbocycles. The number of furan rings is 1. The number of nitrogens with zero attached hydrogens (tertiary/aromatic N) is 3. The molecule has 7 nitrogen and oxygen atoms in total. The second-order valence-electron chi connectivity index (χ2n) is 6.20. The maximum Gasteiger partial charge on any atom is 0.289 e. The van der Waals surface area contributed by atoms with Gasteiger partial charge in [0.2, 0.25) is 5.89 Å². The van der Waals surface area contributed by atoms with Crippen molar-refractivity contribution in [3.63, 3.8) is 0 Å². The first-order chi connectivity index (χ1) is 11.3. The van der Waals surface area contributed by atoms with Crippen LogP contribution in [0.15, 0.2) is 27.3 Å². The molecular formula is C16H19N3O4. The lowest BCUT2D eigenvalue weighted by atomic mass is 10.00. The van der Waals surface area contributed by atoms with Gasteiger partial charge in [-0.05, 0) is 30.9 Å². The highest BCUT2D eigenvalue weighted by molar-refractivity contribution is 5.92. The van der Waals surface area contributed by atoms with Gasteiger partial charge in [0.15, 0.2) is 11.6 Å². The summed E-state index contributed by atoms with van der Waals surface area (Å²) in [7, 11) is 0. The summed E-state index contributed by atoms with van der Waals surface area (Å²) in [6.07, 6.45) is 4.75. The quantitative estimate of drug-likeness (QED) is 0.725. The number of aromatic nitrogens is 2. The molecule has 3 heterocycles. The summed E-state index contributed by atoms with van der Waals surface area (Å²) in [6.45, 7) is 2.64. The smallest absolute Gasteiger partial charge is 0.289 e. The molecule has 1 saturated heterocycles. The normalized spacial score (nSPS) is 18.2. The Morgan fingerprint density at radius 3 is 3.00 bits per heavy atom. The zero-order chi connectivity index (χ0) is 15.6. The number of rotatable bonds is 7. The van der Waals surface area contributed by atoms with E-state index in [9.17, 15) is 4.79 Å². The second kappa shape index (κ2) is 6.16. The summed E-state index contributed by atoms with van der Waals surface area (Å²) in [5.74, 6) is 2.42. The molecule has 0 spiro atoms.